The second-order valence-corrected chi connectivity index (χ2v) is 4.23. The van der Waals surface area contributed by atoms with Gasteiger partial charge in [0.15, 0.2) is 5.96 Å². The molecule has 1 aromatic rings. The van der Waals surface area contributed by atoms with Crippen molar-refractivity contribution in [3.63, 3.8) is 0 Å². The summed E-state index contributed by atoms with van der Waals surface area (Å²) in [6.07, 6.45) is 0.879. The Morgan fingerprint density at radius 1 is 1.39 bits per heavy atom. The van der Waals surface area contributed by atoms with E-state index in [9.17, 15) is 0 Å². The minimum atomic E-state index is 0.0604. The third-order valence-corrected chi connectivity index (χ3v) is 2.54. The van der Waals surface area contributed by atoms with Crippen LogP contribution in [0.25, 0.3) is 0 Å². The topological polar surface area (TPSA) is 56.7 Å². The third kappa shape index (κ3) is 5.89. The van der Waals surface area contributed by atoms with Crippen molar-refractivity contribution in [3.05, 3.63) is 34.9 Å². The van der Waals surface area contributed by atoms with Gasteiger partial charge in [-0.25, -0.2) is 0 Å². The first-order chi connectivity index (χ1) is 8.76. The molecule has 0 spiro atoms. The molecule has 0 aliphatic heterocycles. The number of hydrogen-bond donors (Lipinski definition) is 3. The number of nitrogens with zero attached hydrogens (tertiary/aromatic N) is 1. The van der Waals surface area contributed by atoms with Gasteiger partial charge >= 0.3 is 0 Å². The highest BCUT2D eigenvalue weighted by Gasteiger charge is 1.97. The Balaban J connectivity index is 2.38. The van der Waals surface area contributed by atoms with Gasteiger partial charge in [-0.05, 0) is 31.0 Å². The number of hydrogen-bond acceptors (Lipinski definition) is 2. The van der Waals surface area contributed by atoms with Crippen molar-refractivity contribution >= 4 is 17.6 Å². The lowest BCUT2D eigenvalue weighted by molar-refractivity contribution is 0.306. The van der Waals surface area contributed by atoms with Crippen LogP contribution >= 0.6 is 11.6 Å². The molecule has 1 rings (SSSR count). The third-order valence-electron chi connectivity index (χ3n) is 2.31. The first-order valence-electron chi connectivity index (χ1n) is 6.13. The summed E-state index contributed by atoms with van der Waals surface area (Å²) in [5.41, 5.74) is 1.19. The van der Waals surface area contributed by atoms with Crippen molar-refractivity contribution in [2.75, 3.05) is 26.2 Å². The lowest BCUT2D eigenvalue weighted by Crippen LogP contribution is -2.38. The van der Waals surface area contributed by atoms with Gasteiger partial charge in [0.05, 0.1) is 13.2 Å². The number of guanidine groups is 1. The van der Waals surface area contributed by atoms with Gasteiger partial charge < -0.3 is 15.7 Å². The van der Waals surface area contributed by atoms with E-state index in [1.54, 1.807) is 0 Å². The molecule has 0 aliphatic carbocycles. The minimum absolute atomic E-state index is 0.0604. The molecule has 0 aliphatic rings. The zero-order chi connectivity index (χ0) is 13.2. The van der Waals surface area contributed by atoms with Crippen molar-refractivity contribution in [3.8, 4) is 0 Å². The van der Waals surface area contributed by atoms with Gasteiger partial charge in [0.1, 0.15) is 0 Å². The molecule has 100 valence electrons. The molecule has 0 bridgehead atoms. The SMILES string of the molecule is CCNC(=NCCO)NCCc1cccc(Cl)c1. The molecular formula is C13H20ClN3O. The molecule has 0 unspecified atom stereocenters. The van der Waals surface area contributed by atoms with Crippen molar-refractivity contribution in [2.24, 2.45) is 4.99 Å². The summed E-state index contributed by atoms with van der Waals surface area (Å²) < 4.78 is 0. The summed E-state index contributed by atoms with van der Waals surface area (Å²) in [6, 6.07) is 7.82. The Labute approximate surface area is 113 Å². The normalized spacial score (nSPS) is 11.4. The molecule has 0 saturated heterocycles. The molecule has 0 fully saturated rings. The van der Waals surface area contributed by atoms with Crippen LogP contribution in [-0.2, 0) is 6.42 Å². The van der Waals surface area contributed by atoms with Crippen LogP contribution in [0.3, 0.4) is 0 Å². The Bertz CT molecular complexity index is 382. The highest BCUT2D eigenvalue weighted by Crippen LogP contribution is 2.10. The van der Waals surface area contributed by atoms with E-state index in [1.165, 1.54) is 5.56 Å². The highest BCUT2D eigenvalue weighted by molar-refractivity contribution is 6.30. The highest BCUT2D eigenvalue weighted by atomic mass is 35.5. The number of rotatable bonds is 6. The monoisotopic (exact) mass is 269 g/mol. The summed E-state index contributed by atoms with van der Waals surface area (Å²) in [4.78, 5) is 4.20. The van der Waals surface area contributed by atoms with Gasteiger partial charge in [0, 0.05) is 18.1 Å². The summed E-state index contributed by atoms with van der Waals surface area (Å²) in [5, 5.41) is 15.8. The zero-order valence-corrected chi connectivity index (χ0v) is 11.4. The van der Waals surface area contributed by atoms with Crippen LogP contribution in [0.1, 0.15) is 12.5 Å². The molecule has 0 radical (unpaired) electrons. The second kappa shape index (κ2) is 8.78. The molecule has 5 heteroatoms. The Morgan fingerprint density at radius 3 is 2.89 bits per heavy atom. The molecule has 0 atom stereocenters. The maximum Gasteiger partial charge on any atom is 0.191 e. The van der Waals surface area contributed by atoms with Crippen LogP contribution in [0.2, 0.25) is 5.02 Å². The number of benzene rings is 1. The summed E-state index contributed by atoms with van der Waals surface area (Å²) in [5.74, 6) is 0.730. The van der Waals surface area contributed by atoms with Crippen molar-refractivity contribution in [2.45, 2.75) is 13.3 Å². The Morgan fingerprint density at radius 2 is 2.22 bits per heavy atom. The number of nitrogens with one attached hydrogen (secondary N) is 2. The second-order valence-electron chi connectivity index (χ2n) is 3.79. The fraction of sp³-hybridized carbons (Fsp3) is 0.462. The molecule has 4 nitrogen and oxygen atoms in total. The number of aliphatic hydroxyl groups is 1. The zero-order valence-electron chi connectivity index (χ0n) is 10.6. The maximum atomic E-state index is 8.74. The molecule has 3 N–H and O–H groups in total. The van der Waals surface area contributed by atoms with E-state index in [4.69, 9.17) is 16.7 Å². The van der Waals surface area contributed by atoms with Gasteiger partial charge in [0.2, 0.25) is 0 Å². The first kappa shape index (κ1) is 14.8. The Kier molecular flexibility index (Phi) is 7.22. The predicted molar refractivity (Wildman–Crippen MR) is 76.2 cm³/mol. The number of halogens is 1. The van der Waals surface area contributed by atoms with Gasteiger partial charge in [-0.15, -0.1) is 0 Å². The molecular weight excluding hydrogens is 250 g/mol. The van der Waals surface area contributed by atoms with Gasteiger partial charge in [0.25, 0.3) is 0 Å². The van der Waals surface area contributed by atoms with Crippen LogP contribution in [0.5, 0.6) is 0 Å². The van der Waals surface area contributed by atoms with Crippen molar-refractivity contribution in [1.82, 2.24) is 10.6 Å². The molecule has 0 aromatic heterocycles. The smallest absolute Gasteiger partial charge is 0.191 e. The maximum absolute atomic E-state index is 8.74. The standard InChI is InChI=1S/C13H20ClN3O/c1-2-15-13(17-8-9-18)16-7-6-11-4-3-5-12(14)10-11/h3-5,10,18H,2,6-9H2,1H3,(H2,15,16,17). The predicted octanol–water partition coefficient (Wildman–Crippen LogP) is 1.43. The summed E-state index contributed by atoms with van der Waals surface area (Å²) in [6.45, 7) is 4.05. The molecule has 0 saturated carbocycles. The fourth-order valence-corrected chi connectivity index (χ4v) is 1.73. The quantitative estimate of drug-likeness (QED) is 0.541. The van der Waals surface area contributed by atoms with Gasteiger partial charge in [-0.1, -0.05) is 23.7 Å². The van der Waals surface area contributed by atoms with Crippen molar-refractivity contribution < 1.29 is 5.11 Å². The van der Waals surface area contributed by atoms with Crippen LogP contribution in [0.4, 0.5) is 0 Å². The number of aliphatic imine (C=N–C) groups is 1. The van der Waals surface area contributed by atoms with Crippen molar-refractivity contribution in [1.29, 1.82) is 0 Å². The van der Waals surface area contributed by atoms with E-state index in [2.05, 4.69) is 15.6 Å². The molecule has 18 heavy (non-hydrogen) atoms. The van der Waals surface area contributed by atoms with Crippen LogP contribution in [0.15, 0.2) is 29.3 Å². The number of aliphatic hydroxyl groups excluding tert-OH is 1. The van der Waals surface area contributed by atoms with Gasteiger partial charge in [-0.3, -0.25) is 4.99 Å². The van der Waals surface area contributed by atoms with E-state index in [1.807, 2.05) is 31.2 Å². The van der Waals surface area contributed by atoms with E-state index < -0.39 is 0 Å². The average molecular weight is 270 g/mol. The largest absolute Gasteiger partial charge is 0.394 e. The molecule has 0 amide bonds. The lowest BCUT2D eigenvalue weighted by Gasteiger charge is -2.11. The summed E-state index contributed by atoms with van der Waals surface area (Å²) in [7, 11) is 0. The van der Waals surface area contributed by atoms with Crippen LogP contribution in [-0.4, -0.2) is 37.3 Å². The fourth-order valence-electron chi connectivity index (χ4n) is 1.52. The van der Waals surface area contributed by atoms with Crippen LogP contribution in [0, 0.1) is 0 Å². The van der Waals surface area contributed by atoms with Gasteiger partial charge in [-0.2, -0.15) is 0 Å². The Hall–Kier alpha value is -1.26. The summed E-state index contributed by atoms with van der Waals surface area (Å²) >= 11 is 5.92. The minimum Gasteiger partial charge on any atom is -0.394 e. The van der Waals surface area contributed by atoms with E-state index in [0.717, 1.165) is 30.5 Å². The lowest BCUT2D eigenvalue weighted by atomic mass is 10.1. The van der Waals surface area contributed by atoms with E-state index >= 15 is 0 Å². The average Bonchev–Trinajstić information content (AvgIpc) is 2.36. The van der Waals surface area contributed by atoms with E-state index in [-0.39, 0.29) is 6.61 Å². The molecule has 1 aromatic carbocycles. The molecule has 0 heterocycles. The van der Waals surface area contributed by atoms with E-state index in [0.29, 0.717) is 6.54 Å². The first-order valence-corrected chi connectivity index (χ1v) is 6.51. The van der Waals surface area contributed by atoms with Crippen LogP contribution < -0.4 is 10.6 Å².